The molecule has 1 aliphatic heterocycles. The van der Waals surface area contributed by atoms with Gasteiger partial charge in [0.2, 0.25) is 5.76 Å². The van der Waals surface area contributed by atoms with Crippen molar-refractivity contribution in [1.29, 1.82) is 0 Å². The first-order valence-corrected chi connectivity index (χ1v) is 5.12. The van der Waals surface area contributed by atoms with E-state index in [1.54, 1.807) is 13.8 Å². The van der Waals surface area contributed by atoms with Crippen molar-refractivity contribution in [2.24, 2.45) is 0 Å². The van der Waals surface area contributed by atoms with E-state index in [-0.39, 0.29) is 11.9 Å². The summed E-state index contributed by atoms with van der Waals surface area (Å²) < 4.78 is 5.24. The summed E-state index contributed by atoms with van der Waals surface area (Å²) in [5, 5.41) is 6.10. The maximum absolute atomic E-state index is 11.8. The molecular formula is C10H15N3O2. The molecule has 82 valence electrons. The first-order valence-electron chi connectivity index (χ1n) is 5.12. The largest absolute Gasteiger partial charge is 0.436 e. The van der Waals surface area contributed by atoms with E-state index in [0.717, 1.165) is 19.5 Å². The quantitative estimate of drug-likeness (QED) is 0.739. The molecule has 0 bridgehead atoms. The monoisotopic (exact) mass is 209 g/mol. The van der Waals surface area contributed by atoms with Crippen molar-refractivity contribution in [2.45, 2.75) is 26.3 Å². The Bertz CT molecular complexity index is 367. The van der Waals surface area contributed by atoms with E-state index in [1.807, 2.05) is 0 Å². The molecule has 1 amide bonds. The van der Waals surface area contributed by atoms with Gasteiger partial charge in [0.1, 0.15) is 0 Å². The average molecular weight is 209 g/mol. The van der Waals surface area contributed by atoms with Crippen LogP contribution < -0.4 is 10.6 Å². The number of oxazole rings is 1. The summed E-state index contributed by atoms with van der Waals surface area (Å²) in [6.45, 7) is 5.30. The maximum atomic E-state index is 11.8. The zero-order valence-corrected chi connectivity index (χ0v) is 8.96. The topological polar surface area (TPSA) is 67.2 Å². The third kappa shape index (κ3) is 2.18. The number of nitrogens with one attached hydrogen (secondary N) is 2. The fraction of sp³-hybridized carbons (Fsp3) is 0.600. The van der Waals surface area contributed by atoms with E-state index in [4.69, 9.17) is 4.42 Å². The number of amides is 1. The van der Waals surface area contributed by atoms with Crippen molar-refractivity contribution >= 4 is 5.91 Å². The highest BCUT2D eigenvalue weighted by atomic mass is 16.4. The number of carbonyl (C=O) groups is 1. The Labute approximate surface area is 88.3 Å². The van der Waals surface area contributed by atoms with Crippen molar-refractivity contribution in [1.82, 2.24) is 15.6 Å². The van der Waals surface area contributed by atoms with Gasteiger partial charge >= 0.3 is 0 Å². The first-order chi connectivity index (χ1) is 7.16. The number of rotatable bonds is 2. The van der Waals surface area contributed by atoms with Crippen LogP contribution in [-0.4, -0.2) is 30.0 Å². The molecule has 0 radical (unpaired) electrons. The Balaban J connectivity index is 2.03. The Hall–Kier alpha value is -1.36. The number of hydrogen-bond donors (Lipinski definition) is 2. The third-order valence-electron chi connectivity index (χ3n) is 2.51. The van der Waals surface area contributed by atoms with Gasteiger partial charge in [-0.15, -0.1) is 0 Å². The van der Waals surface area contributed by atoms with Crippen molar-refractivity contribution in [2.75, 3.05) is 13.1 Å². The fourth-order valence-corrected chi connectivity index (χ4v) is 1.77. The van der Waals surface area contributed by atoms with E-state index in [9.17, 15) is 4.79 Å². The molecule has 0 saturated carbocycles. The van der Waals surface area contributed by atoms with Crippen LogP contribution in [0.3, 0.4) is 0 Å². The van der Waals surface area contributed by atoms with Gasteiger partial charge in [-0.2, -0.15) is 0 Å². The van der Waals surface area contributed by atoms with Crippen LogP contribution in [0, 0.1) is 13.8 Å². The van der Waals surface area contributed by atoms with Crippen LogP contribution in [0.5, 0.6) is 0 Å². The number of hydrogen-bond acceptors (Lipinski definition) is 4. The lowest BCUT2D eigenvalue weighted by Gasteiger charge is -2.09. The summed E-state index contributed by atoms with van der Waals surface area (Å²) in [5.74, 6) is 0.698. The molecule has 5 nitrogen and oxygen atoms in total. The Kier molecular flexibility index (Phi) is 2.73. The second kappa shape index (κ2) is 4.02. The van der Waals surface area contributed by atoms with Crippen molar-refractivity contribution in [3.05, 3.63) is 17.3 Å². The van der Waals surface area contributed by atoms with Gasteiger partial charge in [0.05, 0.1) is 5.69 Å². The smallest absolute Gasteiger partial charge is 0.289 e. The lowest BCUT2D eigenvalue weighted by atomic mass is 10.2. The SMILES string of the molecule is Cc1nc(C)c(C(=O)N[C@H]2CCNC2)o1. The number of aromatic nitrogens is 1. The summed E-state index contributed by atoms with van der Waals surface area (Å²) >= 11 is 0. The molecule has 2 heterocycles. The molecule has 15 heavy (non-hydrogen) atoms. The molecule has 0 aliphatic carbocycles. The van der Waals surface area contributed by atoms with E-state index < -0.39 is 0 Å². The van der Waals surface area contributed by atoms with E-state index in [0.29, 0.717) is 17.3 Å². The molecule has 0 spiro atoms. The van der Waals surface area contributed by atoms with Crippen molar-refractivity contribution < 1.29 is 9.21 Å². The molecule has 1 fully saturated rings. The summed E-state index contributed by atoms with van der Waals surface area (Å²) in [7, 11) is 0. The molecule has 5 heteroatoms. The van der Waals surface area contributed by atoms with Crippen LogP contribution in [0.1, 0.15) is 28.6 Å². The van der Waals surface area contributed by atoms with Crippen LogP contribution in [0.25, 0.3) is 0 Å². The van der Waals surface area contributed by atoms with Crippen molar-refractivity contribution in [3.8, 4) is 0 Å². The average Bonchev–Trinajstić information content (AvgIpc) is 2.75. The van der Waals surface area contributed by atoms with Crippen LogP contribution in [0.15, 0.2) is 4.42 Å². The molecule has 2 rings (SSSR count). The number of carbonyl (C=O) groups excluding carboxylic acids is 1. The predicted molar refractivity (Wildman–Crippen MR) is 54.7 cm³/mol. The molecule has 1 saturated heterocycles. The number of aryl methyl sites for hydroxylation is 2. The van der Waals surface area contributed by atoms with Gasteiger partial charge in [-0.25, -0.2) is 4.98 Å². The third-order valence-corrected chi connectivity index (χ3v) is 2.51. The van der Waals surface area contributed by atoms with Gasteiger partial charge < -0.3 is 15.1 Å². The molecule has 1 aromatic heterocycles. The Morgan fingerprint density at radius 1 is 1.60 bits per heavy atom. The van der Waals surface area contributed by atoms with E-state index in [1.165, 1.54) is 0 Å². The molecule has 0 aromatic carbocycles. The van der Waals surface area contributed by atoms with E-state index in [2.05, 4.69) is 15.6 Å². The molecule has 0 unspecified atom stereocenters. The summed E-state index contributed by atoms with van der Waals surface area (Å²) in [4.78, 5) is 15.8. The van der Waals surface area contributed by atoms with Crippen LogP contribution in [-0.2, 0) is 0 Å². The first kappa shape index (κ1) is 10.2. The zero-order valence-electron chi connectivity index (χ0n) is 8.96. The second-order valence-electron chi connectivity index (χ2n) is 3.81. The molecule has 2 N–H and O–H groups in total. The summed E-state index contributed by atoms with van der Waals surface area (Å²) in [6, 6.07) is 0.210. The molecule has 1 aliphatic rings. The molecule has 1 aromatic rings. The molecular weight excluding hydrogens is 194 g/mol. The maximum Gasteiger partial charge on any atom is 0.289 e. The Morgan fingerprint density at radius 3 is 2.93 bits per heavy atom. The highest BCUT2D eigenvalue weighted by Crippen LogP contribution is 2.10. The van der Waals surface area contributed by atoms with Crippen LogP contribution >= 0.6 is 0 Å². The minimum atomic E-state index is -0.165. The lowest BCUT2D eigenvalue weighted by Crippen LogP contribution is -2.36. The standard InChI is InChI=1S/C10H15N3O2/c1-6-9(15-7(2)12-6)10(14)13-8-3-4-11-5-8/h8,11H,3-5H2,1-2H3,(H,13,14)/t8-/m0/s1. The van der Waals surface area contributed by atoms with Gasteiger partial charge in [-0.05, 0) is 19.9 Å². The van der Waals surface area contributed by atoms with Crippen molar-refractivity contribution in [3.63, 3.8) is 0 Å². The summed E-state index contributed by atoms with van der Waals surface area (Å²) in [5.41, 5.74) is 0.649. The number of nitrogens with zero attached hydrogens (tertiary/aromatic N) is 1. The minimum absolute atomic E-state index is 0.165. The predicted octanol–water partition coefficient (Wildman–Crippen LogP) is 0.383. The lowest BCUT2D eigenvalue weighted by molar-refractivity contribution is 0.0910. The van der Waals surface area contributed by atoms with Gasteiger partial charge in [0.15, 0.2) is 5.89 Å². The van der Waals surface area contributed by atoms with E-state index >= 15 is 0 Å². The zero-order chi connectivity index (χ0) is 10.8. The fourth-order valence-electron chi connectivity index (χ4n) is 1.77. The van der Waals surface area contributed by atoms with Gasteiger partial charge in [-0.3, -0.25) is 4.79 Å². The second-order valence-corrected chi connectivity index (χ2v) is 3.81. The minimum Gasteiger partial charge on any atom is -0.436 e. The van der Waals surface area contributed by atoms with Gasteiger partial charge in [0.25, 0.3) is 5.91 Å². The van der Waals surface area contributed by atoms with Crippen LogP contribution in [0.4, 0.5) is 0 Å². The van der Waals surface area contributed by atoms with Gasteiger partial charge in [-0.1, -0.05) is 0 Å². The van der Waals surface area contributed by atoms with Gasteiger partial charge in [0, 0.05) is 19.5 Å². The highest BCUT2D eigenvalue weighted by molar-refractivity contribution is 5.92. The highest BCUT2D eigenvalue weighted by Gasteiger charge is 2.21. The normalized spacial score (nSPS) is 20.5. The Morgan fingerprint density at radius 2 is 2.40 bits per heavy atom. The van der Waals surface area contributed by atoms with Crippen LogP contribution in [0.2, 0.25) is 0 Å². The molecule has 1 atom stereocenters. The summed E-state index contributed by atoms with van der Waals surface area (Å²) in [6.07, 6.45) is 0.970.